The van der Waals surface area contributed by atoms with E-state index in [4.69, 9.17) is 33.0 Å². The van der Waals surface area contributed by atoms with Crippen LogP contribution in [0.3, 0.4) is 0 Å². The summed E-state index contributed by atoms with van der Waals surface area (Å²) in [7, 11) is 0. The number of hydrogen-bond donors (Lipinski definition) is 2. The summed E-state index contributed by atoms with van der Waals surface area (Å²) in [5, 5.41) is 12.3. The van der Waals surface area contributed by atoms with Gasteiger partial charge in [-0.1, -0.05) is 29.3 Å². The molecule has 1 atom stereocenters. The standard InChI is InChI=1S/C16H13Cl2NO4/c1-9(23-14-6-5-11(17)8-13(14)18)15(20)19-12-4-2-3-10(7-12)16(21)22/h2-9H,1H3,(H,19,20)(H,21,22)/t9-/m1/s1. The first kappa shape index (κ1) is 17.1. The van der Waals surface area contributed by atoms with Crippen molar-refractivity contribution in [1.82, 2.24) is 0 Å². The molecule has 0 saturated heterocycles. The van der Waals surface area contributed by atoms with Crippen LogP contribution < -0.4 is 10.1 Å². The second kappa shape index (κ2) is 7.35. The summed E-state index contributed by atoms with van der Waals surface area (Å²) < 4.78 is 5.49. The number of nitrogens with one attached hydrogen (secondary N) is 1. The van der Waals surface area contributed by atoms with Crippen molar-refractivity contribution in [3.05, 3.63) is 58.1 Å². The topological polar surface area (TPSA) is 75.6 Å². The van der Waals surface area contributed by atoms with E-state index in [9.17, 15) is 9.59 Å². The third kappa shape index (κ3) is 4.61. The molecule has 0 heterocycles. The number of ether oxygens (including phenoxy) is 1. The van der Waals surface area contributed by atoms with Crippen molar-refractivity contribution in [2.24, 2.45) is 0 Å². The molecule has 0 radical (unpaired) electrons. The molecule has 0 fully saturated rings. The molecule has 0 aliphatic rings. The van der Waals surface area contributed by atoms with Crippen LogP contribution in [0.25, 0.3) is 0 Å². The Morgan fingerprint density at radius 3 is 2.57 bits per heavy atom. The number of halogens is 2. The van der Waals surface area contributed by atoms with Gasteiger partial charge in [0.2, 0.25) is 0 Å². The number of benzene rings is 2. The number of hydrogen-bond acceptors (Lipinski definition) is 3. The number of carbonyl (C=O) groups is 2. The average Bonchev–Trinajstić information content (AvgIpc) is 2.50. The molecule has 2 aromatic rings. The van der Waals surface area contributed by atoms with Crippen LogP contribution in [0, 0.1) is 0 Å². The molecular formula is C16H13Cl2NO4. The van der Waals surface area contributed by atoms with Gasteiger partial charge < -0.3 is 15.2 Å². The van der Waals surface area contributed by atoms with E-state index in [0.29, 0.717) is 21.5 Å². The Hall–Kier alpha value is -2.24. The van der Waals surface area contributed by atoms with E-state index >= 15 is 0 Å². The average molecular weight is 354 g/mol. The van der Waals surface area contributed by atoms with Crippen LogP contribution in [-0.4, -0.2) is 23.1 Å². The lowest BCUT2D eigenvalue weighted by molar-refractivity contribution is -0.122. The van der Waals surface area contributed by atoms with Crippen molar-refractivity contribution >= 4 is 40.8 Å². The van der Waals surface area contributed by atoms with E-state index in [1.807, 2.05) is 0 Å². The minimum absolute atomic E-state index is 0.0807. The molecule has 2 N–H and O–H groups in total. The van der Waals surface area contributed by atoms with Gasteiger partial charge in [-0.25, -0.2) is 4.79 Å². The minimum atomic E-state index is -1.07. The Morgan fingerprint density at radius 1 is 1.17 bits per heavy atom. The van der Waals surface area contributed by atoms with Crippen LogP contribution in [0.2, 0.25) is 10.0 Å². The van der Waals surface area contributed by atoms with Crippen LogP contribution in [0.5, 0.6) is 5.75 Å². The highest BCUT2D eigenvalue weighted by Crippen LogP contribution is 2.28. The highest BCUT2D eigenvalue weighted by atomic mass is 35.5. The van der Waals surface area contributed by atoms with E-state index in [0.717, 1.165) is 0 Å². The lowest BCUT2D eigenvalue weighted by Gasteiger charge is -2.16. The molecule has 2 rings (SSSR count). The van der Waals surface area contributed by atoms with E-state index in [1.54, 1.807) is 31.2 Å². The maximum atomic E-state index is 12.1. The number of carboxylic acid groups (broad SMARTS) is 1. The molecule has 1 amide bonds. The van der Waals surface area contributed by atoms with Gasteiger partial charge in [-0.15, -0.1) is 0 Å². The number of aromatic carboxylic acids is 1. The fraction of sp³-hybridized carbons (Fsp3) is 0.125. The third-order valence-corrected chi connectivity index (χ3v) is 3.47. The summed E-state index contributed by atoms with van der Waals surface area (Å²) in [4.78, 5) is 23.0. The molecule has 0 spiro atoms. The van der Waals surface area contributed by atoms with Crippen molar-refractivity contribution in [3.8, 4) is 5.75 Å². The van der Waals surface area contributed by atoms with Gasteiger partial charge in [0.25, 0.3) is 5.91 Å². The van der Waals surface area contributed by atoms with Gasteiger partial charge in [0.15, 0.2) is 6.10 Å². The Balaban J connectivity index is 2.05. The van der Waals surface area contributed by atoms with Gasteiger partial charge >= 0.3 is 5.97 Å². The predicted octanol–water partition coefficient (Wildman–Crippen LogP) is 4.10. The Labute approximate surface area is 142 Å². The zero-order valence-corrected chi connectivity index (χ0v) is 13.6. The zero-order chi connectivity index (χ0) is 17.0. The van der Waals surface area contributed by atoms with E-state index in [2.05, 4.69) is 5.32 Å². The number of carbonyl (C=O) groups excluding carboxylic acids is 1. The van der Waals surface area contributed by atoms with Crippen LogP contribution in [0.15, 0.2) is 42.5 Å². The molecule has 0 aliphatic carbocycles. The second-order valence-electron chi connectivity index (χ2n) is 4.71. The molecule has 0 unspecified atom stereocenters. The fourth-order valence-corrected chi connectivity index (χ4v) is 2.24. The third-order valence-electron chi connectivity index (χ3n) is 2.94. The van der Waals surface area contributed by atoms with Gasteiger partial charge in [-0.3, -0.25) is 4.79 Å². The number of carboxylic acids is 1. The van der Waals surface area contributed by atoms with Crippen molar-refractivity contribution in [2.45, 2.75) is 13.0 Å². The van der Waals surface area contributed by atoms with E-state index in [1.165, 1.54) is 18.2 Å². The van der Waals surface area contributed by atoms with E-state index in [-0.39, 0.29) is 5.56 Å². The normalized spacial score (nSPS) is 11.6. The van der Waals surface area contributed by atoms with Crippen LogP contribution in [0.1, 0.15) is 17.3 Å². The molecule has 7 heteroatoms. The number of rotatable bonds is 5. The van der Waals surface area contributed by atoms with Crippen LogP contribution in [0.4, 0.5) is 5.69 Å². The van der Waals surface area contributed by atoms with Crippen molar-refractivity contribution in [3.63, 3.8) is 0 Å². The number of anilines is 1. The molecule has 0 bridgehead atoms. The van der Waals surface area contributed by atoms with E-state index < -0.39 is 18.0 Å². The summed E-state index contributed by atoms with van der Waals surface area (Å²) in [6.07, 6.45) is -0.831. The molecular weight excluding hydrogens is 341 g/mol. The smallest absolute Gasteiger partial charge is 0.335 e. The Kier molecular flexibility index (Phi) is 5.47. The highest BCUT2D eigenvalue weighted by Gasteiger charge is 2.17. The lowest BCUT2D eigenvalue weighted by Crippen LogP contribution is -2.30. The molecule has 0 aromatic heterocycles. The molecule has 2 aromatic carbocycles. The first-order chi connectivity index (χ1) is 10.9. The summed E-state index contributed by atoms with van der Waals surface area (Å²) >= 11 is 11.8. The van der Waals surface area contributed by atoms with Crippen molar-refractivity contribution < 1.29 is 19.4 Å². The molecule has 0 aliphatic heterocycles. The summed E-state index contributed by atoms with van der Waals surface area (Å²) in [6, 6.07) is 10.6. The molecule has 120 valence electrons. The van der Waals surface area contributed by atoms with Crippen LogP contribution in [-0.2, 0) is 4.79 Å². The lowest BCUT2D eigenvalue weighted by atomic mass is 10.2. The quantitative estimate of drug-likeness (QED) is 0.848. The van der Waals surface area contributed by atoms with Crippen molar-refractivity contribution in [1.29, 1.82) is 0 Å². The Morgan fingerprint density at radius 2 is 1.91 bits per heavy atom. The summed E-state index contributed by atoms with van der Waals surface area (Å²) in [5.74, 6) is -1.17. The molecule has 23 heavy (non-hydrogen) atoms. The van der Waals surface area contributed by atoms with Gasteiger partial charge in [0, 0.05) is 10.7 Å². The van der Waals surface area contributed by atoms with Crippen molar-refractivity contribution in [2.75, 3.05) is 5.32 Å². The van der Waals surface area contributed by atoms with Crippen LogP contribution >= 0.6 is 23.2 Å². The minimum Gasteiger partial charge on any atom is -0.479 e. The van der Waals surface area contributed by atoms with Gasteiger partial charge in [0.05, 0.1) is 10.6 Å². The monoisotopic (exact) mass is 353 g/mol. The van der Waals surface area contributed by atoms with Gasteiger partial charge in [0.1, 0.15) is 5.75 Å². The highest BCUT2D eigenvalue weighted by molar-refractivity contribution is 6.35. The second-order valence-corrected chi connectivity index (χ2v) is 5.55. The predicted molar refractivity (Wildman–Crippen MR) is 88.6 cm³/mol. The number of amides is 1. The Bertz CT molecular complexity index is 749. The first-order valence-corrected chi connectivity index (χ1v) is 7.38. The molecule has 5 nitrogen and oxygen atoms in total. The SMILES string of the molecule is C[C@@H](Oc1ccc(Cl)cc1Cl)C(=O)Nc1cccc(C(=O)O)c1. The molecule has 0 saturated carbocycles. The largest absolute Gasteiger partial charge is 0.479 e. The van der Waals surface area contributed by atoms with Gasteiger partial charge in [-0.05, 0) is 43.3 Å². The first-order valence-electron chi connectivity index (χ1n) is 6.63. The summed E-state index contributed by atoms with van der Waals surface area (Å²) in [5.41, 5.74) is 0.449. The van der Waals surface area contributed by atoms with Gasteiger partial charge in [-0.2, -0.15) is 0 Å². The maximum Gasteiger partial charge on any atom is 0.335 e. The summed E-state index contributed by atoms with van der Waals surface area (Å²) in [6.45, 7) is 1.56. The maximum absolute atomic E-state index is 12.1. The zero-order valence-electron chi connectivity index (χ0n) is 12.0. The fourth-order valence-electron chi connectivity index (χ4n) is 1.79.